The quantitative estimate of drug-likeness (QED) is 0.157. The van der Waals surface area contributed by atoms with Crippen molar-refractivity contribution in [2.75, 3.05) is 0 Å². The third kappa shape index (κ3) is 6.52. The van der Waals surface area contributed by atoms with Gasteiger partial charge in [0.1, 0.15) is 0 Å². The first-order valence-electron chi connectivity index (χ1n) is 27.2. The summed E-state index contributed by atoms with van der Waals surface area (Å²) >= 11 is 0. The second-order valence-electron chi connectivity index (χ2n) is 21.2. The SMILES string of the molecule is O=S1(=O)c2ccccc2C(c2ccccc2)(c2ccccc2)c2nc3c4ccccc4n(-c4ccc(-c5ccc(-n6c7ccccc7c7nc8c(cc76)S(=O)(=O)c6ccccc6C8(c6ccccc6)c6ccccc6)cc5)cc4)c3cc21. The van der Waals surface area contributed by atoms with Crippen molar-refractivity contribution in [2.24, 2.45) is 0 Å². The summed E-state index contributed by atoms with van der Waals surface area (Å²) in [5.41, 5.74) is 12.1. The molecule has 0 aliphatic carbocycles. The van der Waals surface area contributed by atoms with Gasteiger partial charge in [0.05, 0.1) is 74.9 Å². The van der Waals surface area contributed by atoms with Gasteiger partial charge in [-0.3, -0.25) is 0 Å². The van der Waals surface area contributed by atoms with Crippen LogP contribution in [0.5, 0.6) is 0 Å². The first-order chi connectivity index (χ1) is 40.2. The fourth-order valence-electron chi connectivity index (χ4n) is 13.6. The lowest BCUT2D eigenvalue weighted by Gasteiger charge is -2.40. The van der Waals surface area contributed by atoms with E-state index in [1.807, 2.05) is 133 Å². The van der Waals surface area contributed by atoms with Gasteiger partial charge >= 0.3 is 0 Å². The molecule has 0 N–H and O–H groups in total. The highest BCUT2D eigenvalue weighted by atomic mass is 32.2. The van der Waals surface area contributed by atoms with Gasteiger partial charge in [-0.05, 0) is 105 Å². The Kier molecular flexibility index (Phi) is 10.4. The molecule has 10 heteroatoms. The van der Waals surface area contributed by atoms with Crippen LogP contribution in [0.1, 0.15) is 44.8 Å². The number of sulfone groups is 2. The number of benzene rings is 10. The van der Waals surface area contributed by atoms with E-state index >= 15 is 16.8 Å². The van der Waals surface area contributed by atoms with Crippen LogP contribution in [0.3, 0.4) is 0 Å². The summed E-state index contributed by atoms with van der Waals surface area (Å²) in [6, 6.07) is 91.8. The molecular formula is C72H46N4O4S2. The smallest absolute Gasteiger partial charge is 0.208 e. The molecule has 6 heterocycles. The standard InChI is InChI=1S/C72H46N4O4S2/c77-81(78)63-35-19-15-31-57(63)71(49-21-5-1-6-22-49,50-23-7-2-8-24-50)69-65(81)45-61-67(73-69)55-29-13-17-33-59(55)75(61)53-41-37-47(38-42-53)48-39-43-54(44-40-48)76-60-34-18-14-30-56(60)68-62(76)46-66-70(74-68)72(51-25-9-3-10-26-51,52-27-11-4-12-28-52)58-32-16-20-36-64(58)82(66,79)80/h1-46H. The molecule has 0 saturated carbocycles. The number of para-hydroxylation sites is 2. The van der Waals surface area contributed by atoms with Crippen molar-refractivity contribution in [3.63, 3.8) is 0 Å². The highest BCUT2D eigenvalue weighted by Crippen LogP contribution is 2.56. The number of hydrogen-bond acceptors (Lipinski definition) is 6. The Hall–Kier alpha value is -10.0. The van der Waals surface area contributed by atoms with Gasteiger partial charge in [-0.15, -0.1) is 0 Å². The average molecular weight is 1100 g/mol. The molecule has 0 radical (unpaired) electrons. The van der Waals surface area contributed by atoms with Crippen LogP contribution >= 0.6 is 0 Å². The lowest BCUT2D eigenvalue weighted by molar-refractivity contribution is 0.572. The van der Waals surface area contributed by atoms with Crippen molar-refractivity contribution in [1.29, 1.82) is 0 Å². The molecule has 0 atom stereocenters. The van der Waals surface area contributed by atoms with Crippen LogP contribution in [0.25, 0.3) is 66.4 Å². The Bertz CT molecular complexity index is 4760. The van der Waals surface area contributed by atoms with Crippen LogP contribution in [-0.4, -0.2) is 35.9 Å². The zero-order valence-corrected chi connectivity index (χ0v) is 45.4. The average Bonchev–Trinajstić information content (AvgIpc) is 1.26. The largest absolute Gasteiger partial charge is 0.308 e. The summed E-state index contributed by atoms with van der Waals surface area (Å²) in [6.07, 6.45) is 0. The lowest BCUT2D eigenvalue weighted by Crippen LogP contribution is -2.38. The van der Waals surface area contributed by atoms with Gasteiger partial charge in [0.25, 0.3) is 0 Å². The molecule has 0 amide bonds. The molecular weight excluding hydrogens is 1050 g/mol. The van der Waals surface area contributed by atoms with Gasteiger partial charge in [0.2, 0.25) is 19.7 Å². The van der Waals surface area contributed by atoms with Crippen LogP contribution in [0, 0.1) is 0 Å². The zero-order valence-electron chi connectivity index (χ0n) is 43.8. The zero-order chi connectivity index (χ0) is 55.0. The fourth-order valence-corrected chi connectivity index (χ4v) is 17.0. The number of aromatic nitrogens is 4. The molecule has 2 aliphatic heterocycles. The highest BCUT2D eigenvalue weighted by Gasteiger charge is 2.52. The highest BCUT2D eigenvalue weighted by molar-refractivity contribution is 7.92. The van der Waals surface area contributed by atoms with Crippen LogP contribution in [0.2, 0.25) is 0 Å². The van der Waals surface area contributed by atoms with Gasteiger partial charge in [-0.25, -0.2) is 26.8 Å². The Morgan fingerprint density at radius 3 is 0.951 bits per heavy atom. The van der Waals surface area contributed by atoms with E-state index in [1.165, 1.54) is 0 Å². The number of hydrogen-bond donors (Lipinski definition) is 0. The molecule has 390 valence electrons. The van der Waals surface area contributed by atoms with Crippen LogP contribution in [0.4, 0.5) is 0 Å². The Morgan fingerprint density at radius 1 is 0.293 bits per heavy atom. The Labute approximate surface area is 473 Å². The topological polar surface area (TPSA) is 104 Å². The molecule has 10 aromatic carbocycles. The van der Waals surface area contributed by atoms with E-state index in [4.69, 9.17) is 9.97 Å². The molecule has 14 aromatic rings. The van der Waals surface area contributed by atoms with Crippen molar-refractivity contribution in [3.05, 3.63) is 324 Å². The minimum Gasteiger partial charge on any atom is -0.308 e. The van der Waals surface area contributed by atoms with E-state index in [-0.39, 0.29) is 19.6 Å². The summed E-state index contributed by atoms with van der Waals surface area (Å²) in [5, 5.41) is 1.81. The van der Waals surface area contributed by atoms with E-state index in [2.05, 4.69) is 130 Å². The molecule has 0 bridgehead atoms. The monoisotopic (exact) mass is 1090 g/mol. The third-order valence-electron chi connectivity index (χ3n) is 17.1. The molecule has 8 nitrogen and oxygen atoms in total. The third-order valence-corrected chi connectivity index (χ3v) is 20.7. The van der Waals surface area contributed by atoms with Gasteiger partial charge in [-0.2, -0.15) is 0 Å². The first-order valence-corrected chi connectivity index (χ1v) is 30.2. The minimum atomic E-state index is -4.06. The van der Waals surface area contributed by atoms with Crippen molar-refractivity contribution in [1.82, 2.24) is 19.1 Å². The predicted octanol–water partition coefficient (Wildman–Crippen LogP) is 15.4. The minimum absolute atomic E-state index is 0.172. The molecule has 0 spiro atoms. The molecule has 0 fully saturated rings. The summed E-state index contributed by atoms with van der Waals surface area (Å²) in [5.74, 6) is 0. The molecule has 0 unspecified atom stereocenters. The number of fused-ring (bicyclic) bond motifs is 10. The molecule has 4 aromatic heterocycles. The number of rotatable bonds is 7. The Balaban J connectivity index is 0.830. The van der Waals surface area contributed by atoms with Crippen LogP contribution < -0.4 is 0 Å². The Morgan fingerprint density at radius 2 is 0.598 bits per heavy atom. The second-order valence-corrected chi connectivity index (χ2v) is 24.9. The van der Waals surface area contributed by atoms with Gasteiger partial charge in [-0.1, -0.05) is 218 Å². The van der Waals surface area contributed by atoms with Crippen molar-refractivity contribution in [2.45, 2.75) is 30.4 Å². The second kappa shape index (κ2) is 17.7. The summed E-state index contributed by atoms with van der Waals surface area (Å²) in [4.78, 5) is 12.0. The lowest BCUT2D eigenvalue weighted by atomic mass is 9.66. The normalized spacial score (nSPS) is 15.2. The van der Waals surface area contributed by atoms with Gasteiger partial charge in [0.15, 0.2) is 0 Å². The number of pyridine rings is 2. The van der Waals surface area contributed by atoms with Crippen LogP contribution in [-0.2, 0) is 30.5 Å². The predicted molar refractivity (Wildman–Crippen MR) is 324 cm³/mol. The summed E-state index contributed by atoms with van der Waals surface area (Å²) in [6.45, 7) is 0. The van der Waals surface area contributed by atoms with Gasteiger partial charge in [0, 0.05) is 22.1 Å². The molecule has 82 heavy (non-hydrogen) atoms. The van der Waals surface area contributed by atoms with Crippen molar-refractivity contribution >= 4 is 63.5 Å². The van der Waals surface area contributed by atoms with Crippen molar-refractivity contribution in [3.8, 4) is 22.5 Å². The van der Waals surface area contributed by atoms with Crippen molar-refractivity contribution < 1.29 is 16.8 Å². The van der Waals surface area contributed by atoms with E-state index in [1.54, 1.807) is 24.3 Å². The summed E-state index contributed by atoms with van der Waals surface area (Å²) < 4.78 is 64.8. The van der Waals surface area contributed by atoms with E-state index in [0.29, 0.717) is 44.6 Å². The fraction of sp³-hybridized carbons (Fsp3) is 0.0278. The molecule has 0 saturated heterocycles. The van der Waals surface area contributed by atoms with E-state index < -0.39 is 30.5 Å². The molecule has 2 aliphatic rings. The molecule has 16 rings (SSSR count). The maximum absolute atomic E-state index is 15.1. The van der Waals surface area contributed by atoms with Crippen LogP contribution in [0.15, 0.2) is 299 Å². The summed E-state index contributed by atoms with van der Waals surface area (Å²) in [7, 11) is -8.11. The van der Waals surface area contributed by atoms with E-state index in [0.717, 1.165) is 66.6 Å². The number of nitrogens with zero attached hydrogens (tertiary/aromatic N) is 4. The van der Waals surface area contributed by atoms with E-state index in [9.17, 15) is 0 Å². The first kappa shape index (κ1) is 48.0. The van der Waals surface area contributed by atoms with Gasteiger partial charge < -0.3 is 9.13 Å². The maximum Gasteiger partial charge on any atom is 0.208 e. The maximum atomic E-state index is 15.1.